The Morgan fingerprint density at radius 1 is 1.22 bits per heavy atom. The summed E-state index contributed by atoms with van der Waals surface area (Å²) >= 11 is 0. The van der Waals surface area contributed by atoms with Crippen LogP contribution in [0.3, 0.4) is 0 Å². The number of aliphatic carboxylic acids is 1. The lowest BCUT2D eigenvalue weighted by Gasteiger charge is -2.08. The first-order valence-electron chi connectivity index (χ1n) is 6.77. The summed E-state index contributed by atoms with van der Waals surface area (Å²) in [5.41, 5.74) is 1.42. The maximum absolute atomic E-state index is 11.9. The van der Waals surface area contributed by atoms with E-state index in [1.165, 1.54) is 27.2 Å². The fourth-order valence-electron chi connectivity index (χ4n) is 1.92. The van der Waals surface area contributed by atoms with Gasteiger partial charge in [-0.2, -0.15) is 5.10 Å². The molecule has 2 rings (SSSR count). The number of methoxy groups -OCH3 is 2. The number of ether oxygens (including phenoxy) is 2. The summed E-state index contributed by atoms with van der Waals surface area (Å²) < 4.78 is 10.4. The lowest BCUT2D eigenvalue weighted by atomic mass is 10.1. The number of benzene rings is 1. The second-order valence-electron chi connectivity index (χ2n) is 4.77. The fraction of sp³-hybridized carbons (Fsp3) is 0.267. The van der Waals surface area contributed by atoms with Crippen LogP contribution in [0.5, 0.6) is 11.5 Å². The molecule has 2 aromatic rings. The van der Waals surface area contributed by atoms with Crippen LogP contribution in [0.25, 0.3) is 11.3 Å². The van der Waals surface area contributed by atoms with Crippen molar-refractivity contribution >= 4 is 11.9 Å². The molecule has 23 heavy (non-hydrogen) atoms. The van der Waals surface area contributed by atoms with Crippen molar-refractivity contribution < 1.29 is 24.2 Å². The molecule has 1 amide bonds. The Labute approximate surface area is 132 Å². The van der Waals surface area contributed by atoms with Gasteiger partial charge in [-0.05, 0) is 31.2 Å². The van der Waals surface area contributed by atoms with Crippen LogP contribution in [-0.4, -0.2) is 47.4 Å². The van der Waals surface area contributed by atoms with Crippen LogP contribution in [0.2, 0.25) is 0 Å². The molecule has 1 atom stereocenters. The number of amides is 1. The van der Waals surface area contributed by atoms with Crippen molar-refractivity contribution in [1.82, 2.24) is 15.5 Å². The highest BCUT2D eigenvalue weighted by Crippen LogP contribution is 2.31. The van der Waals surface area contributed by atoms with Gasteiger partial charge in [-0.15, -0.1) is 0 Å². The Balaban J connectivity index is 2.22. The summed E-state index contributed by atoms with van der Waals surface area (Å²) in [5, 5.41) is 17.8. The van der Waals surface area contributed by atoms with Crippen molar-refractivity contribution in [2.45, 2.75) is 13.0 Å². The number of H-pyrrole nitrogens is 1. The van der Waals surface area contributed by atoms with Gasteiger partial charge < -0.3 is 19.9 Å². The fourth-order valence-corrected chi connectivity index (χ4v) is 1.92. The monoisotopic (exact) mass is 319 g/mol. The van der Waals surface area contributed by atoms with Crippen molar-refractivity contribution in [3.8, 4) is 22.8 Å². The normalized spacial score (nSPS) is 11.6. The second kappa shape index (κ2) is 6.82. The predicted octanol–water partition coefficient (Wildman–Crippen LogP) is 1.30. The molecule has 0 aliphatic rings. The molecule has 1 aromatic heterocycles. The Kier molecular flexibility index (Phi) is 4.85. The van der Waals surface area contributed by atoms with E-state index in [0.717, 1.165) is 5.56 Å². The molecule has 8 nitrogen and oxygen atoms in total. The molecule has 0 fully saturated rings. The maximum atomic E-state index is 11.9. The van der Waals surface area contributed by atoms with E-state index in [9.17, 15) is 9.59 Å². The van der Waals surface area contributed by atoms with Gasteiger partial charge in [-0.1, -0.05) is 0 Å². The quantitative estimate of drug-likeness (QED) is 0.739. The van der Waals surface area contributed by atoms with Crippen molar-refractivity contribution in [3.05, 3.63) is 30.0 Å². The maximum Gasteiger partial charge on any atom is 0.325 e. The Hall–Kier alpha value is -3.03. The molecule has 0 spiro atoms. The molecule has 1 heterocycles. The molecule has 0 unspecified atom stereocenters. The minimum absolute atomic E-state index is 0.169. The van der Waals surface area contributed by atoms with Crippen molar-refractivity contribution in [2.75, 3.05) is 14.2 Å². The zero-order valence-corrected chi connectivity index (χ0v) is 12.9. The number of hydrogen-bond acceptors (Lipinski definition) is 5. The molecule has 1 aromatic carbocycles. The van der Waals surface area contributed by atoms with Crippen LogP contribution in [0.15, 0.2) is 24.3 Å². The Morgan fingerprint density at radius 2 is 1.91 bits per heavy atom. The summed E-state index contributed by atoms with van der Waals surface area (Å²) in [6.07, 6.45) is 0. The van der Waals surface area contributed by atoms with E-state index in [1.807, 2.05) is 0 Å². The number of carbonyl (C=O) groups is 2. The summed E-state index contributed by atoms with van der Waals surface area (Å²) in [5.74, 6) is -0.532. The molecule has 0 saturated carbocycles. The third-order valence-electron chi connectivity index (χ3n) is 3.22. The molecule has 0 aliphatic heterocycles. The van der Waals surface area contributed by atoms with Crippen LogP contribution < -0.4 is 14.8 Å². The number of carboxylic acid groups (broad SMARTS) is 1. The van der Waals surface area contributed by atoms with Crippen LogP contribution >= 0.6 is 0 Å². The number of aromatic amines is 1. The summed E-state index contributed by atoms with van der Waals surface area (Å²) in [6.45, 7) is 1.38. The third kappa shape index (κ3) is 3.60. The molecular formula is C15H17N3O5. The number of nitrogens with one attached hydrogen (secondary N) is 2. The number of nitrogens with zero attached hydrogens (tertiary/aromatic N) is 1. The van der Waals surface area contributed by atoms with Gasteiger partial charge in [0.05, 0.1) is 19.9 Å². The van der Waals surface area contributed by atoms with Gasteiger partial charge in [0.15, 0.2) is 11.5 Å². The third-order valence-corrected chi connectivity index (χ3v) is 3.22. The van der Waals surface area contributed by atoms with Crippen molar-refractivity contribution in [2.24, 2.45) is 0 Å². The van der Waals surface area contributed by atoms with Gasteiger partial charge in [-0.3, -0.25) is 14.7 Å². The van der Waals surface area contributed by atoms with Gasteiger partial charge in [0, 0.05) is 5.56 Å². The smallest absolute Gasteiger partial charge is 0.325 e. The summed E-state index contributed by atoms with van der Waals surface area (Å²) in [6, 6.07) is 5.78. The molecule has 0 bridgehead atoms. The predicted molar refractivity (Wildman–Crippen MR) is 81.7 cm³/mol. The van der Waals surface area contributed by atoms with Crippen LogP contribution in [0.1, 0.15) is 17.4 Å². The lowest BCUT2D eigenvalue weighted by Crippen LogP contribution is -2.38. The highest BCUT2D eigenvalue weighted by molar-refractivity contribution is 5.95. The van der Waals surface area contributed by atoms with Gasteiger partial charge in [0.1, 0.15) is 11.7 Å². The molecule has 122 valence electrons. The first-order valence-corrected chi connectivity index (χ1v) is 6.77. The average molecular weight is 319 g/mol. The van der Waals surface area contributed by atoms with E-state index >= 15 is 0 Å². The van der Waals surface area contributed by atoms with Crippen LogP contribution in [0.4, 0.5) is 0 Å². The van der Waals surface area contributed by atoms with Crippen molar-refractivity contribution in [3.63, 3.8) is 0 Å². The number of carboxylic acids is 1. The molecule has 8 heteroatoms. The van der Waals surface area contributed by atoms with Gasteiger partial charge >= 0.3 is 5.97 Å². The van der Waals surface area contributed by atoms with E-state index < -0.39 is 17.9 Å². The number of aromatic nitrogens is 2. The van der Waals surface area contributed by atoms with Gasteiger partial charge in [0.2, 0.25) is 0 Å². The first kappa shape index (κ1) is 16.3. The van der Waals surface area contributed by atoms with E-state index in [0.29, 0.717) is 17.2 Å². The number of hydrogen-bond donors (Lipinski definition) is 3. The van der Waals surface area contributed by atoms with Gasteiger partial charge in [-0.25, -0.2) is 0 Å². The lowest BCUT2D eigenvalue weighted by molar-refractivity contribution is -0.138. The Bertz CT molecular complexity index is 726. The van der Waals surface area contributed by atoms with Crippen LogP contribution in [0, 0.1) is 0 Å². The van der Waals surface area contributed by atoms with E-state index in [4.69, 9.17) is 14.6 Å². The molecule has 3 N–H and O–H groups in total. The van der Waals surface area contributed by atoms with Crippen LogP contribution in [-0.2, 0) is 4.79 Å². The van der Waals surface area contributed by atoms with E-state index in [2.05, 4.69) is 15.5 Å². The van der Waals surface area contributed by atoms with Gasteiger partial charge in [0.25, 0.3) is 5.91 Å². The second-order valence-corrected chi connectivity index (χ2v) is 4.77. The zero-order valence-electron chi connectivity index (χ0n) is 12.9. The highest BCUT2D eigenvalue weighted by Gasteiger charge is 2.17. The molecule has 0 aliphatic carbocycles. The molecule has 0 saturated heterocycles. The first-order chi connectivity index (χ1) is 11.0. The van der Waals surface area contributed by atoms with Crippen molar-refractivity contribution in [1.29, 1.82) is 0 Å². The summed E-state index contributed by atoms with van der Waals surface area (Å²) in [4.78, 5) is 22.7. The highest BCUT2D eigenvalue weighted by atomic mass is 16.5. The minimum Gasteiger partial charge on any atom is -0.493 e. The topological polar surface area (TPSA) is 114 Å². The minimum atomic E-state index is -1.11. The van der Waals surface area contributed by atoms with E-state index in [1.54, 1.807) is 18.2 Å². The molecule has 0 radical (unpaired) electrons. The SMILES string of the molecule is COc1ccc(-c2cc(C(=O)N[C@H](C)C(=O)O)[nH]n2)cc1OC. The zero-order chi connectivity index (χ0) is 17.0. The average Bonchev–Trinajstić information content (AvgIpc) is 3.04. The molecular weight excluding hydrogens is 302 g/mol. The Morgan fingerprint density at radius 3 is 2.52 bits per heavy atom. The number of carbonyl (C=O) groups excluding carboxylic acids is 1. The van der Waals surface area contributed by atoms with E-state index in [-0.39, 0.29) is 5.69 Å². The summed E-state index contributed by atoms with van der Waals surface area (Å²) in [7, 11) is 3.07. The largest absolute Gasteiger partial charge is 0.493 e. The standard InChI is InChI=1S/C15H17N3O5/c1-8(15(20)21)16-14(19)11-7-10(17-18-11)9-4-5-12(22-2)13(6-9)23-3/h4-8H,1-3H3,(H,16,19)(H,17,18)(H,20,21)/t8-/m1/s1. The number of rotatable bonds is 6.